The molecule has 0 unspecified atom stereocenters. The predicted molar refractivity (Wildman–Crippen MR) is 106 cm³/mol. The largest absolute Gasteiger partial charge is 0.353 e. The van der Waals surface area contributed by atoms with Crippen molar-refractivity contribution in [3.05, 3.63) is 24.4 Å². The number of anilines is 1. The van der Waals surface area contributed by atoms with Crippen molar-refractivity contribution in [1.82, 2.24) is 15.2 Å². The monoisotopic (exact) mass is 372 g/mol. The molecule has 6 heteroatoms. The van der Waals surface area contributed by atoms with Crippen molar-refractivity contribution in [2.75, 3.05) is 31.1 Å². The second-order valence-corrected chi connectivity index (χ2v) is 8.79. The van der Waals surface area contributed by atoms with Crippen LogP contribution in [0.3, 0.4) is 0 Å². The van der Waals surface area contributed by atoms with Gasteiger partial charge in [-0.25, -0.2) is 4.98 Å². The molecule has 148 valence electrons. The van der Waals surface area contributed by atoms with Crippen LogP contribution in [0.25, 0.3) is 0 Å². The molecule has 0 atom stereocenters. The van der Waals surface area contributed by atoms with Crippen LogP contribution in [0, 0.1) is 11.8 Å². The molecule has 0 bridgehead atoms. The van der Waals surface area contributed by atoms with Crippen LogP contribution < -0.4 is 10.2 Å². The molecule has 6 nitrogen and oxygen atoms in total. The summed E-state index contributed by atoms with van der Waals surface area (Å²) in [5, 5.41) is 3.07. The zero-order chi connectivity index (χ0) is 19.4. The van der Waals surface area contributed by atoms with Gasteiger partial charge >= 0.3 is 0 Å². The van der Waals surface area contributed by atoms with Gasteiger partial charge in [0.05, 0.1) is 0 Å². The second kappa shape index (κ2) is 8.28. The Labute approximate surface area is 162 Å². The SMILES string of the molecule is CC(C)(C)NC(=O)C1CCC(C(=O)N2CCN(c3ccccn3)CC2)CC1. The molecule has 2 heterocycles. The van der Waals surface area contributed by atoms with E-state index in [1.807, 2.05) is 43.9 Å². The zero-order valence-electron chi connectivity index (χ0n) is 16.8. The maximum absolute atomic E-state index is 12.9. The van der Waals surface area contributed by atoms with E-state index in [2.05, 4.69) is 15.2 Å². The number of rotatable bonds is 3. The van der Waals surface area contributed by atoms with Gasteiger partial charge in [-0.15, -0.1) is 0 Å². The highest BCUT2D eigenvalue weighted by Gasteiger charge is 2.34. The third kappa shape index (κ3) is 5.21. The molecule has 3 rings (SSSR count). The highest BCUT2D eigenvalue weighted by atomic mass is 16.2. The van der Waals surface area contributed by atoms with Crippen molar-refractivity contribution in [2.24, 2.45) is 11.8 Å². The minimum atomic E-state index is -0.197. The third-order valence-corrected chi connectivity index (χ3v) is 5.51. The van der Waals surface area contributed by atoms with Gasteiger partial charge in [-0.3, -0.25) is 9.59 Å². The van der Waals surface area contributed by atoms with Gasteiger partial charge in [0.2, 0.25) is 11.8 Å². The van der Waals surface area contributed by atoms with E-state index in [4.69, 9.17) is 0 Å². The number of hydrogen-bond donors (Lipinski definition) is 1. The molecule has 2 amide bonds. The molecule has 0 radical (unpaired) electrons. The van der Waals surface area contributed by atoms with E-state index in [-0.39, 0.29) is 29.2 Å². The molecular formula is C21H32N4O2. The maximum Gasteiger partial charge on any atom is 0.225 e. The van der Waals surface area contributed by atoms with E-state index in [9.17, 15) is 9.59 Å². The summed E-state index contributed by atoms with van der Waals surface area (Å²) < 4.78 is 0. The van der Waals surface area contributed by atoms with E-state index in [0.29, 0.717) is 0 Å². The Kier molecular flexibility index (Phi) is 6.02. The molecule has 1 aromatic rings. The van der Waals surface area contributed by atoms with E-state index >= 15 is 0 Å². The molecule has 27 heavy (non-hydrogen) atoms. The number of amides is 2. The Morgan fingerprint density at radius 3 is 2.19 bits per heavy atom. The van der Waals surface area contributed by atoms with E-state index in [1.54, 1.807) is 6.20 Å². The fraction of sp³-hybridized carbons (Fsp3) is 0.667. The van der Waals surface area contributed by atoms with Crippen molar-refractivity contribution >= 4 is 17.6 Å². The number of hydrogen-bond acceptors (Lipinski definition) is 4. The van der Waals surface area contributed by atoms with Gasteiger partial charge in [-0.05, 0) is 58.6 Å². The van der Waals surface area contributed by atoms with Crippen LogP contribution >= 0.6 is 0 Å². The minimum Gasteiger partial charge on any atom is -0.353 e. The van der Waals surface area contributed by atoms with Gasteiger partial charge in [0, 0.05) is 49.8 Å². The first kappa shape index (κ1) is 19.6. The van der Waals surface area contributed by atoms with Gasteiger partial charge in [-0.1, -0.05) is 6.07 Å². The van der Waals surface area contributed by atoms with E-state index in [1.165, 1.54) is 0 Å². The summed E-state index contributed by atoms with van der Waals surface area (Å²) in [5.41, 5.74) is -0.197. The summed E-state index contributed by atoms with van der Waals surface area (Å²) in [6, 6.07) is 5.93. The Bertz CT molecular complexity index is 640. The van der Waals surface area contributed by atoms with Crippen LogP contribution in [0.2, 0.25) is 0 Å². The van der Waals surface area contributed by atoms with Gasteiger partial charge in [0.1, 0.15) is 5.82 Å². The van der Waals surface area contributed by atoms with Crippen LogP contribution in [0.4, 0.5) is 5.82 Å². The Hall–Kier alpha value is -2.11. The summed E-state index contributed by atoms with van der Waals surface area (Å²) in [4.78, 5) is 33.9. The van der Waals surface area contributed by atoms with Gasteiger partial charge in [-0.2, -0.15) is 0 Å². The molecule has 1 saturated carbocycles. The van der Waals surface area contributed by atoms with Crippen LogP contribution in [-0.4, -0.2) is 53.4 Å². The molecule has 0 spiro atoms. The average Bonchev–Trinajstić information content (AvgIpc) is 2.67. The van der Waals surface area contributed by atoms with Crippen molar-refractivity contribution in [3.8, 4) is 0 Å². The number of nitrogens with one attached hydrogen (secondary N) is 1. The zero-order valence-corrected chi connectivity index (χ0v) is 16.8. The number of carbonyl (C=O) groups is 2. The predicted octanol–water partition coefficient (Wildman–Crippen LogP) is 2.45. The van der Waals surface area contributed by atoms with Gasteiger partial charge in [0.15, 0.2) is 0 Å². The first-order valence-corrected chi connectivity index (χ1v) is 10.1. The van der Waals surface area contributed by atoms with Crippen molar-refractivity contribution < 1.29 is 9.59 Å². The van der Waals surface area contributed by atoms with Crippen LogP contribution in [0.15, 0.2) is 24.4 Å². The topological polar surface area (TPSA) is 65.5 Å². The van der Waals surface area contributed by atoms with Crippen molar-refractivity contribution in [2.45, 2.75) is 52.0 Å². The summed E-state index contributed by atoms with van der Waals surface area (Å²) in [7, 11) is 0. The molecule has 2 fully saturated rings. The van der Waals surface area contributed by atoms with Crippen LogP contribution in [-0.2, 0) is 9.59 Å². The molecule has 0 aromatic carbocycles. The first-order chi connectivity index (χ1) is 12.8. The number of pyridine rings is 1. The van der Waals surface area contributed by atoms with E-state index < -0.39 is 0 Å². The fourth-order valence-corrected chi connectivity index (χ4v) is 4.03. The number of nitrogens with zero attached hydrogens (tertiary/aromatic N) is 3. The Morgan fingerprint density at radius 2 is 1.63 bits per heavy atom. The third-order valence-electron chi connectivity index (χ3n) is 5.51. The second-order valence-electron chi connectivity index (χ2n) is 8.79. The fourth-order valence-electron chi connectivity index (χ4n) is 4.03. The summed E-state index contributed by atoms with van der Waals surface area (Å²) in [6.07, 6.45) is 5.07. The van der Waals surface area contributed by atoms with Crippen LogP contribution in [0.5, 0.6) is 0 Å². The number of carbonyl (C=O) groups excluding carboxylic acids is 2. The number of aromatic nitrogens is 1. The molecule has 1 aromatic heterocycles. The lowest BCUT2D eigenvalue weighted by Gasteiger charge is -2.38. The maximum atomic E-state index is 12.9. The summed E-state index contributed by atoms with van der Waals surface area (Å²) >= 11 is 0. The van der Waals surface area contributed by atoms with E-state index in [0.717, 1.165) is 57.7 Å². The highest BCUT2D eigenvalue weighted by Crippen LogP contribution is 2.31. The number of piperazine rings is 1. The summed E-state index contributed by atoms with van der Waals surface area (Å²) in [6.45, 7) is 9.16. The Balaban J connectivity index is 1.45. The molecular weight excluding hydrogens is 340 g/mol. The normalized spacial score (nSPS) is 23.8. The lowest BCUT2D eigenvalue weighted by atomic mass is 9.80. The first-order valence-electron chi connectivity index (χ1n) is 10.1. The standard InChI is InChI=1S/C21H32N4O2/c1-21(2,3)23-19(26)16-7-9-17(10-8-16)20(27)25-14-12-24(13-15-25)18-6-4-5-11-22-18/h4-6,11,16-17H,7-10,12-15H2,1-3H3,(H,23,26). The lowest BCUT2D eigenvalue weighted by molar-refractivity contribution is -0.138. The molecule has 1 aliphatic carbocycles. The highest BCUT2D eigenvalue weighted by molar-refractivity contribution is 5.81. The van der Waals surface area contributed by atoms with Gasteiger partial charge in [0.25, 0.3) is 0 Å². The molecule has 2 aliphatic rings. The molecule has 1 N–H and O–H groups in total. The minimum absolute atomic E-state index is 0.0503. The van der Waals surface area contributed by atoms with Crippen molar-refractivity contribution in [3.63, 3.8) is 0 Å². The van der Waals surface area contributed by atoms with Crippen LogP contribution in [0.1, 0.15) is 46.5 Å². The average molecular weight is 373 g/mol. The quantitative estimate of drug-likeness (QED) is 0.885. The summed E-state index contributed by atoms with van der Waals surface area (Å²) in [5.74, 6) is 1.51. The molecule has 1 aliphatic heterocycles. The van der Waals surface area contributed by atoms with Crippen molar-refractivity contribution in [1.29, 1.82) is 0 Å². The van der Waals surface area contributed by atoms with Gasteiger partial charge < -0.3 is 15.1 Å². The lowest BCUT2D eigenvalue weighted by Crippen LogP contribution is -2.51. The smallest absolute Gasteiger partial charge is 0.225 e. The molecule has 1 saturated heterocycles. The Morgan fingerprint density at radius 1 is 1.00 bits per heavy atom.